The smallest absolute Gasteiger partial charge is 0.244 e. The van der Waals surface area contributed by atoms with E-state index >= 15 is 0 Å². The van der Waals surface area contributed by atoms with Crippen molar-refractivity contribution in [2.75, 3.05) is 37.7 Å². The highest BCUT2D eigenvalue weighted by Gasteiger charge is 2.31. The number of fused-ring (bicyclic) bond motifs is 1. The van der Waals surface area contributed by atoms with Crippen molar-refractivity contribution in [1.29, 1.82) is 0 Å². The Morgan fingerprint density at radius 3 is 2.94 bits per heavy atom. The van der Waals surface area contributed by atoms with Crippen LogP contribution in [-0.2, 0) is 11.3 Å². The zero-order chi connectivity index (χ0) is 21.3. The van der Waals surface area contributed by atoms with Crippen LogP contribution >= 0.6 is 0 Å². The van der Waals surface area contributed by atoms with Gasteiger partial charge in [0, 0.05) is 48.5 Å². The third-order valence-electron chi connectivity index (χ3n) is 6.48. The zero-order valence-corrected chi connectivity index (χ0v) is 17.9. The van der Waals surface area contributed by atoms with Crippen molar-refractivity contribution in [3.05, 3.63) is 60.2 Å². The summed E-state index contributed by atoms with van der Waals surface area (Å²) in [6.45, 7) is 5.04. The molecule has 5 heterocycles. The normalized spacial score (nSPS) is 19.8. The van der Waals surface area contributed by atoms with E-state index in [0.717, 1.165) is 63.6 Å². The van der Waals surface area contributed by atoms with E-state index in [2.05, 4.69) is 55.4 Å². The Morgan fingerprint density at radius 1 is 1.09 bits per heavy atom. The maximum Gasteiger partial charge on any atom is 0.244 e. The lowest BCUT2D eigenvalue weighted by molar-refractivity contribution is 0.122. The molecule has 8 heteroatoms. The number of hydrogen-bond acceptors (Lipinski definition) is 7. The quantitative estimate of drug-likeness (QED) is 0.516. The molecule has 2 fully saturated rings. The summed E-state index contributed by atoms with van der Waals surface area (Å²) >= 11 is 0. The third kappa shape index (κ3) is 3.65. The van der Waals surface area contributed by atoms with Gasteiger partial charge in [0.2, 0.25) is 11.7 Å². The van der Waals surface area contributed by atoms with Crippen molar-refractivity contribution < 1.29 is 9.26 Å². The largest absolute Gasteiger partial charge is 0.378 e. The van der Waals surface area contributed by atoms with Crippen LogP contribution in [0.1, 0.15) is 30.3 Å². The number of hydrogen-bond donors (Lipinski definition) is 1. The molecule has 164 valence electrons. The molecule has 0 bridgehead atoms. The molecule has 6 rings (SSSR count). The zero-order valence-electron chi connectivity index (χ0n) is 17.9. The molecule has 4 aromatic rings. The van der Waals surface area contributed by atoms with Crippen molar-refractivity contribution in [3.8, 4) is 11.4 Å². The fraction of sp³-hybridized carbons (Fsp3) is 0.375. The maximum atomic E-state index is 5.76. The van der Waals surface area contributed by atoms with E-state index < -0.39 is 0 Å². The second-order valence-corrected chi connectivity index (χ2v) is 8.45. The molecule has 0 saturated carbocycles. The van der Waals surface area contributed by atoms with Crippen molar-refractivity contribution >= 4 is 16.7 Å². The number of para-hydroxylation sites is 1. The van der Waals surface area contributed by atoms with E-state index in [1.807, 2.05) is 18.3 Å². The Labute approximate surface area is 186 Å². The molecule has 0 amide bonds. The van der Waals surface area contributed by atoms with Crippen LogP contribution in [0, 0.1) is 0 Å². The van der Waals surface area contributed by atoms with E-state index in [-0.39, 0.29) is 6.04 Å². The molecular weight excluding hydrogens is 404 g/mol. The van der Waals surface area contributed by atoms with Crippen LogP contribution in [0.4, 0.5) is 5.82 Å². The summed E-state index contributed by atoms with van der Waals surface area (Å²) in [6, 6.07) is 12.6. The van der Waals surface area contributed by atoms with Crippen molar-refractivity contribution in [2.24, 2.45) is 0 Å². The highest BCUT2D eigenvalue weighted by molar-refractivity contribution is 5.83. The van der Waals surface area contributed by atoms with Crippen LogP contribution < -0.4 is 4.90 Å². The lowest BCUT2D eigenvalue weighted by Gasteiger charge is -2.27. The van der Waals surface area contributed by atoms with E-state index in [0.29, 0.717) is 11.7 Å². The maximum absolute atomic E-state index is 5.76. The first-order valence-electron chi connectivity index (χ1n) is 11.3. The number of anilines is 1. The number of pyridine rings is 1. The fourth-order valence-electron chi connectivity index (χ4n) is 4.79. The predicted octanol–water partition coefficient (Wildman–Crippen LogP) is 3.79. The van der Waals surface area contributed by atoms with Crippen LogP contribution in [0.3, 0.4) is 0 Å². The average Bonchev–Trinajstić information content (AvgIpc) is 3.60. The minimum absolute atomic E-state index is 0.144. The van der Waals surface area contributed by atoms with Crippen LogP contribution in [-0.4, -0.2) is 57.9 Å². The number of aromatic nitrogens is 4. The van der Waals surface area contributed by atoms with Gasteiger partial charge < -0.3 is 19.1 Å². The number of nitrogens with zero attached hydrogens (tertiary/aromatic N) is 5. The number of ether oxygens (including phenoxy) is 1. The minimum atomic E-state index is 0.144. The average molecular weight is 431 g/mol. The summed E-state index contributed by atoms with van der Waals surface area (Å²) in [4.78, 5) is 17.4. The molecule has 0 unspecified atom stereocenters. The molecule has 0 radical (unpaired) electrons. The molecule has 2 saturated heterocycles. The number of aromatic amines is 1. The first-order valence-corrected chi connectivity index (χ1v) is 11.3. The van der Waals surface area contributed by atoms with Gasteiger partial charge in [0.25, 0.3) is 0 Å². The van der Waals surface area contributed by atoms with Crippen LogP contribution in [0.2, 0.25) is 0 Å². The molecule has 2 aliphatic heterocycles. The van der Waals surface area contributed by atoms with Gasteiger partial charge >= 0.3 is 0 Å². The van der Waals surface area contributed by atoms with Gasteiger partial charge in [-0.3, -0.25) is 4.90 Å². The van der Waals surface area contributed by atoms with Gasteiger partial charge in [-0.2, -0.15) is 4.98 Å². The molecule has 32 heavy (non-hydrogen) atoms. The Kier molecular flexibility index (Phi) is 5.09. The molecule has 0 spiro atoms. The molecule has 0 aliphatic carbocycles. The number of morpholine rings is 1. The number of nitrogens with one attached hydrogen (secondary N) is 1. The van der Waals surface area contributed by atoms with Crippen LogP contribution in [0.25, 0.3) is 22.3 Å². The Bertz CT molecular complexity index is 1210. The summed E-state index contributed by atoms with van der Waals surface area (Å²) in [5.74, 6) is 2.25. The predicted molar refractivity (Wildman–Crippen MR) is 121 cm³/mol. The SMILES string of the molecule is c1ccc2c(CN3CCC[C@H]3c3nc(-c4ccnc(N5CCOCC5)c4)no3)c[nH]c2c1. The summed E-state index contributed by atoms with van der Waals surface area (Å²) in [7, 11) is 0. The first kappa shape index (κ1) is 19.5. The number of benzene rings is 1. The Morgan fingerprint density at radius 2 is 2.00 bits per heavy atom. The van der Waals surface area contributed by atoms with Gasteiger partial charge in [-0.1, -0.05) is 23.4 Å². The van der Waals surface area contributed by atoms with Gasteiger partial charge in [-0.05, 0) is 43.1 Å². The fourth-order valence-corrected chi connectivity index (χ4v) is 4.79. The highest BCUT2D eigenvalue weighted by atomic mass is 16.5. The lowest BCUT2D eigenvalue weighted by Crippen LogP contribution is -2.36. The van der Waals surface area contributed by atoms with Crippen LogP contribution in [0.15, 0.2) is 53.3 Å². The first-order chi connectivity index (χ1) is 15.8. The molecule has 1 aromatic carbocycles. The minimum Gasteiger partial charge on any atom is -0.378 e. The lowest BCUT2D eigenvalue weighted by atomic mass is 10.1. The van der Waals surface area contributed by atoms with Crippen molar-refractivity contribution in [2.45, 2.75) is 25.4 Å². The van der Waals surface area contributed by atoms with Crippen molar-refractivity contribution in [3.63, 3.8) is 0 Å². The van der Waals surface area contributed by atoms with Gasteiger partial charge in [0.1, 0.15) is 5.82 Å². The Hall–Kier alpha value is -3.23. The number of H-pyrrole nitrogens is 1. The van der Waals surface area contributed by atoms with E-state index in [1.165, 1.54) is 16.5 Å². The van der Waals surface area contributed by atoms with Crippen molar-refractivity contribution in [1.82, 2.24) is 25.0 Å². The van der Waals surface area contributed by atoms with E-state index in [9.17, 15) is 0 Å². The van der Waals surface area contributed by atoms with Gasteiger partial charge in [0.15, 0.2) is 0 Å². The molecule has 1 N–H and O–H groups in total. The highest BCUT2D eigenvalue weighted by Crippen LogP contribution is 2.34. The summed E-state index contributed by atoms with van der Waals surface area (Å²) in [5, 5.41) is 5.58. The van der Waals surface area contributed by atoms with E-state index in [1.54, 1.807) is 0 Å². The number of rotatable bonds is 5. The second kappa shape index (κ2) is 8.37. The Balaban J connectivity index is 1.22. The van der Waals surface area contributed by atoms with Gasteiger partial charge in [-0.25, -0.2) is 4.98 Å². The topological polar surface area (TPSA) is 83.3 Å². The molecule has 1 atom stereocenters. The monoisotopic (exact) mass is 430 g/mol. The molecule has 2 aliphatic rings. The summed E-state index contributed by atoms with van der Waals surface area (Å²) in [5.41, 5.74) is 3.40. The second-order valence-electron chi connectivity index (χ2n) is 8.45. The number of likely N-dealkylation sites (tertiary alicyclic amines) is 1. The standard InChI is InChI=1S/C24H26N6O2/c1-2-5-20-19(4-1)18(15-26-20)16-30-9-3-6-21(30)24-27-23(28-32-24)17-7-8-25-22(14-17)29-10-12-31-13-11-29/h1-2,4-5,7-8,14-15,21,26H,3,6,9-13,16H2/t21-/m0/s1. The van der Waals surface area contributed by atoms with Gasteiger partial charge in [-0.15, -0.1) is 0 Å². The summed E-state index contributed by atoms with van der Waals surface area (Å²) in [6.07, 6.45) is 6.08. The third-order valence-corrected chi connectivity index (χ3v) is 6.48. The molecule has 3 aromatic heterocycles. The van der Waals surface area contributed by atoms with Crippen LogP contribution in [0.5, 0.6) is 0 Å². The summed E-state index contributed by atoms with van der Waals surface area (Å²) < 4.78 is 11.2. The van der Waals surface area contributed by atoms with E-state index in [4.69, 9.17) is 14.2 Å². The van der Waals surface area contributed by atoms with Gasteiger partial charge in [0.05, 0.1) is 19.3 Å². The molecule has 8 nitrogen and oxygen atoms in total. The molecular formula is C24H26N6O2.